The molecule has 0 amide bonds. The van der Waals surface area contributed by atoms with Crippen LogP contribution in [-0.4, -0.2) is 19.1 Å². The zero-order valence-electron chi connectivity index (χ0n) is 9.35. The predicted octanol–water partition coefficient (Wildman–Crippen LogP) is 2.20. The van der Waals surface area contributed by atoms with Gasteiger partial charge in [0.1, 0.15) is 5.75 Å². The Labute approximate surface area is 89.4 Å². The van der Waals surface area contributed by atoms with Gasteiger partial charge >= 0.3 is 0 Å². The van der Waals surface area contributed by atoms with Crippen LogP contribution < -0.4 is 10.1 Å². The van der Waals surface area contributed by atoms with Gasteiger partial charge in [0.25, 0.3) is 0 Å². The monoisotopic (exact) mass is 204 g/mol. The molecule has 2 N–H and O–H groups in total. The second-order valence-corrected chi connectivity index (χ2v) is 3.68. The minimum atomic E-state index is 0.869. The summed E-state index contributed by atoms with van der Waals surface area (Å²) < 4.78 is 5.32. The average Bonchev–Trinajstić information content (AvgIpc) is 2.64. The number of ether oxygens (including phenoxy) is 1. The number of methoxy groups -OCH3 is 1. The van der Waals surface area contributed by atoms with Crippen molar-refractivity contribution >= 4 is 10.9 Å². The van der Waals surface area contributed by atoms with Crippen LogP contribution in [0.4, 0.5) is 0 Å². The molecule has 0 aliphatic rings. The summed E-state index contributed by atoms with van der Waals surface area (Å²) in [6.45, 7) is 2.99. The van der Waals surface area contributed by atoms with Crippen LogP contribution in [0, 0.1) is 6.92 Å². The van der Waals surface area contributed by atoms with Gasteiger partial charge in [-0.3, -0.25) is 0 Å². The molecule has 0 aliphatic heterocycles. The molecule has 2 rings (SSSR count). The zero-order valence-corrected chi connectivity index (χ0v) is 9.35. The molecule has 0 aliphatic carbocycles. The predicted molar refractivity (Wildman–Crippen MR) is 62.4 cm³/mol. The van der Waals surface area contributed by atoms with Crippen LogP contribution >= 0.6 is 0 Å². The van der Waals surface area contributed by atoms with Crippen molar-refractivity contribution in [3.8, 4) is 5.75 Å². The average molecular weight is 204 g/mol. The Kier molecular flexibility index (Phi) is 2.64. The summed E-state index contributed by atoms with van der Waals surface area (Å²) >= 11 is 0. The smallest absolute Gasteiger partial charge is 0.142 e. The molecule has 0 saturated heterocycles. The number of nitrogens with one attached hydrogen (secondary N) is 2. The van der Waals surface area contributed by atoms with Crippen molar-refractivity contribution in [2.45, 2.75) is 13.5 Å². The van der Waals surface area contributed by atoms with Gasteiger partial charge in [0.15, 0.2) is 0 Å². The lowest BCUT2D eigenvalue weighted by atomic mass is 10.1. The maximum absolute atomic E-state index is 5.32. The maximum atomic E-state index is 5.32. The molecule has 3 heteroatoms. The van der Waals surface area contributed by atoms with Gasteiger partial charge in [-0.25, -0.2) is 0 Å². The molecule has 0 bridgehead atoms. The van der Waals surface area contributed by atoms with Crippen molar-refractivity contribution in [2.75, 3.05) is 14.2 Å². The third kappa shape index (κ3) is 1.59. The SMILES string of the molecule is CNCc1c[nH]c2c(OC)ccc(C)c12. The standard InChI is InChI=1S/C12H16N2O/c1-8-4-5-10(15-3)12-11(8)9(6-13-2)7-14-12/h4-5,7,13-14H,6H2,1-3H3. The van der Waals surface area contributed by atoms with Crippen LogP contribution in [0.5, 0.6) is 5.75 Å². The Bertz CT molecular complexity index is 474. The Hall–Kier alpha value is -1.48. The number of aryl methyl sites for hydroxylation is 1. The molecule has 0 saturated carbocycles. The molecule has 3 nitrogen and oxygen atoms in total. The molecule has 0 unspecified atom stereocenters. The molecule has 0 atom stereocenters. The number of hydrogen-bond donors (Lipinski definition) is 2. The third-order valence-corrected chi connectivity index (χ3v) is 2.67. The summed E-state index contributed by atoms with van der Waals surface area (Å²) in [7, 11) is 3.65. The number of benzene rings is 1. The Morgan fingerprint density at radius 2 is 2.20 bits per heavy atom. The van der Waals surface area contributed by atoms with E-state index in [2.05, 4.69) is 23.3 Å². The van der Waals surface area contributed by atoms with Crippen molar-refractivity contribution in [3.05, 3.63) is 29.5 Å². The molecule has 0 fully saturated rings. The number of fused-ring (bicyclic) bond motifs is 1. The van der Waals surface area contributed by atoms with E-state index in [9.17, 15) is 0 Å². The first-order valence-electron chi connectivity index (χ1n) is 5.06. The van der Waals surface area contributed by atoms with E-state index in [1.807, 2.05) is 19.3 Å². The number of rotatable bonds is 3. The van der Waals surface area contributed by atoms with Crippen molar-refractivity contribution in [1.82, 2.24) is 10.3 Å². The molecule has 80 valence electrons. The summed E-state index contributed by atoms with van der Waals surface area (Å²) in [5.41, 5.74) is 3.64. The fraction of sp³-hybridized carbons (Fsp3) is 0.333. The second-order valence-electron chi connectivity index (χ2n) is 3.68. The van der Waals surface area contributed by atoms with Gasteiger partial charge in [-0.2, -0.15) is 0 Å². The molecular formula is C12H16N2O. The van der Waals surface area contributed by atoms with E-state index in [0.717, 1.165) is 17.8 Å². The van der Waals surface area contributed by atoms with Crippen molar-refractivity contribution < 1.29 is 4.74 Å². The van der Waals surface area contributed by atoms with Crippen LogP contribution in [0.1, 0.15) is 11.1 Å². The van der Waals surface area contributed by atoms with Gasteiger partial charge in [0.2, 0.25) is 0 Å². The van der Waals surface area contributed by atoms with Crippen LogP contribution in [0.3, 0.4) is 0 Å². The fourth-order valence-electron chi connectivity index (χ4n) is 1.98. The van der Waals surface area contributed by atoms with Crippen molar-refractivity contribution in [3.63, 3.8) is 0 Å². The van der Waals surface area contributed by atoms with Gasteiger partial charge in [0, 0.05) is 18.1 Å². The highest BCUT2D eigenvalue weighted by molar-refractivity contribution is 5.91. The van der Waals surface area contributed by atoms with Crippen LogP contribution in [0.25, 0.3) is 10.9 Å². The molecule has 0 radical (unpaired) electrons. The minimum Gasteiger partial charge on any atom is -0.495 e. The zero-order chi connectivity index (χ0) is 10.8. The molecule has 1 aromatic heterocycles. The quantitative estimate of drug-likeness (QED) is 0.804. The topological polar surface area (TPSA) is 37.0 Å². The Morgan fingerprint density at radius 1 is 1.40 bits per heavy atom. The van der Waals surface area contributed by atoms with E-state index in [-0.39, 0.29) is 0 Å². The normalized spacial score (nSPS) is 10.9. The lowest BCUT2D eigenvalue weighted by molar-refractivity contribution is 0.419. The van der Waals surface area contributed by atoms with Gasteiger partial charge in [-0.15, -0.1) is 0 Å². The fourth-order valence-corrected chi connectivity index (χ4v) is 1.98. The molecule has 15 heavy (non-hydrogen) atoms. The molecular weight excluding hydrogens is 188 g/mol. The van der Waals surface area contributed by atoms with Gasteiger partial charge in [0.05, 0.1) is 12.6 Å². The highest BCUT2D eigenvalue weighted by Gasteiger charge is 2.09. The summed E-state index contributed by atoms with van der Waals surface area (Å²) in [5.74, 6) is 0.901. The summed E-state index contributed by atoms with van der Waals surface area (Å²) in [4.78, 5) is 3.27. The van der Waals surface area contributed by atoms with E-state index in [0.29, 0.717) is 0 Å². The first-order valence-corrected chi connectivity index (χ1v) is 5.06. The van der Waals surface area contributed by atoms with Crippen LogP contribution in [-0.2, 0) is 6.54 Å². The summed E-state index contributed by atoms with van der Waals surface area (Å²) in [5, 5.41) is 4.43. The molecule has 1 heterocycles. The van der Waals surface area contributed by atoms with Crippen molar-refractivity contribution in [2.24, 2.45) is 0 Å². The maximum Gasteiger partial charge on any atom is 0.142 e. The third-order valence-electron chi connectivity index (χ3n) is 2.67. The minimum absolute atomic E-state index is 0.869. The van der Waals surface area contributed by atoms with Gasteiger partial charge in [-0.05, 0) is 31.2 Å². The molecule has 0 spiro atoms. The molecule has 2 aromatic rings. The summed E-state index contributed by atoms with van der Waals surface area (Å²) in [6, 6.07) is 4.09. The lowest BCUT2D eigenvalue weighted by Crippen LogP contribution is -2.04. The highest BCUT2D eigenvalue weighted by atomic mass is 16.5. The number of aromatic amines is 1. The van der Waals surface area contributed by atoms with E-state index >= 15 is 0 Å². The van der Waals surface area contributed by atoms with Crippen molar-refractivity contribution in [1.29, 1.82) is 0 Å². The van der Waals surface area contributed by atoms with E-state index < -0.39 is 0 Å². The largest absolute Gasteiger partial charge is 0.495 e. The van der Waals surface area contributed by atoms with E-state index in [4.69, 9.17) is 4.74 Å². The lowest BCUT2D eigenvalue weighted by Gasteiger charge is -2.05. The Balaban J connectivity index is 2.67. The first-order chi connectivity index (χ1) is 7.27. The van der Waals surface area contributed by atoms with Crippen LogP contribution in [0.15, 0.2) is 18.3 Å². The number of hydrogen-bond acceptors (Lipinski definition) is 2. The van der Waals surface area contributed by atoms with Crippen LogP contribution in [0.2, 0.25) is 0 Å². The first kappa shape index (κ1) is 10.1. The van der Waals surface area contributed by atoms with E-state index in [1.54, 1.807) is 7.11 Å². The second kappa shape index (κ2) is 3.95. The van der Waals surface area contributed by atoms with E-state index in [1.165, 1.54) is 16.5 Å². The summed E-state index contributed by atoms with van der Waals surface area (Å²) in [6.07, 6.45) is 2.04. The highest BCUT2D eigenvalue weighted by Crippen LogP contribution is 2.29. The Morgan fingerprint density at radius 3 is 2.87 bits per heavy atom. The number of H-pyrrole nitrogens is 1. The van der Waals surface area contributed by atoms with Gasteiger partial charge in [-0.1, -0.05) is 6.07 Å². The van der Waals surface area contributed by atoms with Gasteiger partial charge < -0.3 is 15.0 Å². The number of aromatic nitrogens is 1. The molecule has 1 aromatic carbocycles.